The van der Waals surface area contributed by atoms with Crippen molar-refractivity contribution in [2.75, 3.05) is 6.54 Å². The number of rotatable bonds is 6. The summed E-state index contributed by atoms with van der Waals surface area (Å²) in [6.07, 6.45) is 6.90. The van der Waals surface area contributed by atoms with Crippen LogP contribution < -0.4 is 5.32 Å². The molecule has 0 spiro atoms. The lowest BCUT2D eigenvalue weighted by atomic mass is 10.0. The van der Waals surface area contributed by atoms with Gasteiger partial charge < -0.3 is 5.32 Å². The summed E-state index contributed by atoms with van der Waals surface area (Å²) in [5.74, 6) is 1.05. The van der Waals surface area contributed by atoms with Gasteiger partial charge in [0.1, 0.15) is 0 Å². The molecule has 0 bridgehead atoms. The highest BCUT2D eigenvalue weighted by Crippen LogP contribution is 2.60. The summed E-state index contributed by atoms with van der Waals surface area (Å²) in [6.45, 7) is 4.34. The predicted molar refractivity (Wildman–Crippen MR) is 68.7 cm³/mol. The topological polar surface area (TPSA) is 29.9 Å². The number of hydrogen-bond acceptors (Lipinski definition) is 2. The van der Waals surface area contributed by atoms with Crippen molar-refractivity contribution in [1.29, 1.82) is 0 Å². The van der Waals surface area contributed by atoms with Crippen LogP contribution in [0.1, 0.15) is 44.0 Å². The monoisotopic (exact) mass is 233 g/mol. The molecule has 3 nitrogen and oxygen atoms in total. The Morgan fingerprint density at radius 1 is 1.47 bits per heavy atom. The fourth-order valence-corrected chi connectivity index (χ4v) is 2.93. The van der Waals surface area contributed by atoms with Gasteiger partial charge in [-0.05, 0) is 49.5 Å². The molecular formula is C14H23N3. The van der Waals surface area contributed by atoms with Crippen LogP contribution in [0, 0.1) is 11.3 Å². The maximum atomic E-state index is 4.48. The van der Waals surface area contributed by atoms with Crippen LogP contribution in [0.15, 0.2) is 6.07 Å². The van der Waals surface area contributed by atoms with Crippen molar-refractivity contribution in [1.82, 2.24) is 15.1 Å². The molecule has 2 aliphatic rings. The van der Waals surface area contributed by atoms with Gasteiger partial charge in [0.25, 0.3) is 0 Å². The van der Waals surface area contributed by atoms with Gasteiger partial charge in [-0.1, -0.05) is 6.92 Å². The molecule has 0 saturated heterocycles. The van der Waals surface area contributed by atoms with E-state index in [1.165, 1.54) is 43.6 Å². The summed E-state index contributed by atoms with van der Waals surface area (Å²) in [5, 5.41) is 8.13. The van der Waals surface area contributed by atoms with E-state index in [0.29, 0.717) is 5.41 Å². The first-order valence-electron chi connectivity index (χ1n) is 6.96. The number of aryl methyl sites for hydroxylation is 2. The van der Waals surface area contributed by atoms with Crippen molar-refractivity contribution in [3.8, 4) is 0 Å². The maximum Gasteiger partial charge on any atom is 0.0625 e. The van der Waals surface area contributed by atoms with Crippen LogP contribution in [0.5, 0.6) is 0 Å². The molecule has 0 aliphatic heterocycles. The number of hydrogen-bond donors (Lipinski definition) is 1. The fraction of sp³-hybridized carbons (Fsp3) is 0.786. The van der Waals surface area contributed by atoms with Gasteiger partial charge >= 0.3 is 0 Å². The third-order valence-electron chi connectivity index (χ3n) is 4.51. The van der Waals surface area contributed by atoms with Gasteiger partial charge in [0.15, 0.2) is 0 Å². The second-order valence-electron chi connectivity index (χ2n) is 5.84. The molecule has 1 aromatic rings. The van der Waals surface area contributed by atoms with Crippen molar-refractivity contribution < 1.29 is 0 Å². The minimum Gasteiger partial charge on any atom is -0.311 e. The van der Waals surface area contributed by atoms with Crippen molar-refractivity contribution in [3.05, 3.63) is 17.5 Å². The number of nitrogens with one attached hydrogen (secondary N) is 1. The van der Waals surface area contributed by atoms with Crippen LogP contribution in [0.4, 0.5) is 0 Å². The number of aromatic nitrogens is 2. The van der Waals surface area contributed by atoms with Crippen LogP contribution in [-0.4, -0.2) is 16.3 Å². The van der Waals surface area contributed by atoms with E-state index in [2.05, 4.69) is 23.4 Å². The van der Waals surface area contributed by atoms with Crippen molar-refractivity contribution in [2.45, 2.75) is 45.6 Å². The van der Waals surface area contributed by atoms with Crippen molar-refractivity contribution in [2.24, 2.45) is 18.4 Å². The molecule has 0 atom stereocenters. The molecule has 1 aromatic heterocycles. The molecule has 1 N–H and O–H groups in total. The molecular weight excluding hydrogens is 210 g/mol. The van der Waals surface area contributed by atoms with Crippen LogP contribution in [-0.2, 0) is 20.0 Å². The Hall–Kier alpha value is -0.830. The second kappa shape index (κ2) is 4.13. The van der Waals surface area contributed by atoms with Crippen molar-refractivity contribution >= 4 is 0 Å². The molecule has 17 heavy (non-hydrogen) atoms. The van der Waals surface area contributed by atoms with Crippen LogP contribution in [0.2, 0.25) is 0 Å². The van der Waals surface area contributed by atoms with Gasteiger partial charge in [0.2, 0.25) is 0 Å². The molecule has 3 rings (SSSR count). The molecule has 3 heteroatoms. The minimum atomic E-state index is 0.701. The van der Waals surface area contributed by atoms with Gasteiger partial charge in [-0.2, -0.15) is 5.10 Å². The summed E-state index contributed by atoms with van der Waals surface area (Å²) in [6, 6.07) is 2.23. The van der Waals surface area contributed by atoms with Gasteiger partial charge in [-0.25, -0.2) is 0 Å². The average Bonchev–Trinajstić information content (AvgIpc) is 3.19. The minimum absolute atomic E-state index is 0.701. The third kappa shape index (κ3) is 2.25. The lowest BCUT2D eigenvalue weighted by molar-refractivity contribution is 0.400. The quantitative estimate of drug-likeness (QED) is 0.817. The zero-order chi connectivity index (χ0) is 11.9. The van der Waals surface area contributed by atoms with Crippen LogP contribution in [0.25, 0.3) is 0 Å². The van der Waals surface area contributed by atoms with E-state index < -0.39 is 0 Å². The highest BCUT2D eigenvalue weighted by Gasteiger charge is 2.53. The SMILES string of the molecule is CCc1cc(CNCC2(C3CC3)CC2)n(C)n1. The van der Waals surface area contributed by atoms with E-state index in [1.807, 2.05) is 11.7 Å². The zero-order valence-corrected chi connectivity index (χ0v) is 11.0. The largest absolute Gasteiger partial charge is 0.311 e. The summed E-state index contributed by atoms with van der Waals surface area (Å²) in [4.78, 5) is 0. The van der Waals surface area contributed by atoms with Crippen molar-refractivity contribution in [3.63, 3.8) is 0 Å². The Balaban J connectivity index is 1.51. The van der Waals surface area contributed by atoms with Gasteiger partial charge in [-0.15, -0.1) is 0 Å². The Morgan fingerprint density at radius 2 is 2.24 bits per heavy atom. The Morgan fingerprint density at radius 3 is 2.76 bits per heavy atom. The van der Waals surface area contributed by atoms with E-state index in [9.17, 15) is 0 Å². The van der Waals surface area contributed by atoms with E-state index in [0.717, 1.165) is 18.9 Å². The standard InChI is InChI=1S/C14H23N3/c1-3-12-8-13(17(2)16-12)9-15-10-14(6-7-14)11-4-5-11/h8,11,15H,3-7,9-10H2,1-2H3. The van der Waals surface area contributed by atoms with E-state index in [1.54, 1.807) is 0 Å². The highest BCUT2D eigenvalue weighted by molar-refractivity contribution is 5.11. The maximum absolute atomic E-state index is 4.48. The second-order valence-corrected chi connectivity index (χ2v) is 5.84. The molecule has 2 fully saturated rings. The molecule has 1 heterocycles. The molecule has 94 valence electrons. The molecule has 2 saturated carbocycles. The summed E-state index contributed by atoms with van der Waals surface area (Å²) < 4.78 is 2.02. The molecule has 2 aliphatic carbocycles. The normalized spacial score (nSPS) is 21.8. The smallest absolute Gasteiger partial charge is 0.0625 e. The number of nitrogens with zero attached hydrogens (tertiary/aromatic N) is 2. The third-order valence-corrected chi connectivity index (χ3v) is 4.51. The molecule has 0 radical (unpaired) electrons. The predicted octanol–water partition coefficient (Wildman–Crippen LogP) is 2.26. The fourth-order valence-electron chi connectivity index (χ4n) is 2.93. The van der Waals surface area contributed by atoms with Gasteiger partial charge in [0.05, 0.1) is 11.4 Å². The Bertz CT molecular complexity index is 400. The molecule has 0 unspecified atom stereocenters. The van der Waals surface area contributed by atoms with E-state index in [-0.39, 0.29) is 0 Å². The Kier molecular flexibility index (Phi) is 2.74. The van der Waals surface area contributed by atoms with Gasteiger partial charge in [0, 0.05) is 20.1 Å². The average molecular weight is 233 g/mol. The first-order valence-corrected chi connectivity index (χ1v) is 6.96. The van der Waals surface area contributed by atoms with Crippen LogP contribution in [0.3, 0.4) is 0 Å². The van der Waals surface area contributed by atoms with Gasteiger partial charge in [-0.3, -0.25) is 4.68 Å². The summed E-state index contributed by atoms with van der Waals surface area (Å²) in [5.41, 5.74) is 3.22. The summed E-state index contributed by atoms with van der Waals surface area (Å²) >= 11 is 0. The van der Waals surface area contributed by atoms with Crippen LogP contribution >= 0.6 is 0 Å². The van der Waals surface area contributed by atoms with E-state index in [4.69, 9.17) is 0 Å². The molecule has 0 amide bonds. The summed E-state index contributed by atoms with van der Waals surface area (Å²) in [7, 11) is 2.05. The lowest BCUT2D eigenvalue weighted by Crippen LogP contribution is -2.25. The molecule has 0 aromatic carbocycles. The lowest BCUT2D eigenvalue weighted by Gasteiger charge is -2.14. The first-order chi connectivity index (χ1) is 8.23. The highest BCUT2D eigenvalue weighted by atomic mass is 15.3. The zero-order valence-electron chi connectivity index (χ0n) is 11.0. The first kappa shape index (κ1) is 11.3. The van der Waals surface area contributed by atoms with E-state index >= 15 is 0 Å². The Labute approximate surface area is 104 Å².